The summed E-state index contributed by atoms with van der Waals surface area (Å²) in [5.41, 5.74) is 1.61. The summed E-state index contributed by atoms with van der Waals surface area (Å²) in [6.07, 6.45) is 1.91. The van der Waals surface area contributed by atoms with E-state index in [1.807, 2.05) is 69.3 Å². The Morgan fingerprint density at radius 2 is 1.74 bits per heavy atom. The first kappa shape index (κ1) is 25.5. The molecule has 0 spiro atoms. The maximum absolute atomic E-state index is 12.7. The van der Waals surface area contributed by atoms with Gasteiger partial charge in [0.15, 0.2) is 0 Å². The van der Waals surface area contributed by atoms with E-state index in [1.54, 1.807) is 0 Å². The van der Waals surface area contributed by atoms with Crippen LogP contribution in [-0.4, -0.2) is 25.2 Å². The topological polar surface area (TPSA) is 112 Å². The van der Waals surface area contributed by atoms with Crippen molar-refractivity contribution in [1.82, 2.24) is 0 Å². The molecule has 0 atom stereocenters. The predicted molar refractivity (Wildman–Crippen MR) is 133 cm³/mol. The van der Waals surface area contributed by atoms with Crippen molar-refractivity contribution in [2.45, 2.75) is 46.5 Å². The van der Waals surface area contributed by atoms with Crippen molar-refractivity contribution in [3.63, 3.8) is 0 Å². The van der Waals surface area contributed by atoms with Crippen molar-refractivity contribution in [2.75, 3.05) is 18.5 Å². The monoisotopic (exact) mass is 471 g/mol. The number of benzene rings is 2. The van der Waals surface area contributed by atoms with Crippen LogP contribution in [-0.2, 0) is 19.1 Å². The summed E-state index contributed by atoms with van der Waals surface area (Å²) < 4.78 is 10.2. The number of nitrogens with one attached hydrogen (secondary N) is 1. The maximum Gasteiger partial charge on any atom is 0.349 e. The molecule has 7 heteroatoms. The third-order valence-corrected chi connectivity index (χ3v) is 5.72. The second-order valence-corrected chi connectivity index (χ2v) is 9.24. The molecule has 3 rings (SSSR count). The number of esters is 2. The third-order valence-electron chi connectivity index (χ3n) is 5.72. The number of carbonyl (C=O) groups is 2. The van der Waals surface area contributed by atoms with Gasteiger partial charge in [0, 0.05) is 17.8 Å². The number of allylic oxidation sites excluding steroid dienone is 3. The summed E-state index contributed by atoms with van der Waals surface area (Å²) in [4.78, 5) is 24.2. The van der Waals surface area contributed by atoms with E-state index in [2.05, 4.69) is 11.4 Å². The fourth-order valence-electron chi connectivity index (χ4n) is 4.15. The normalized spacial score (nSPS) is 16.1. The summed E-state index contributed by atoms with van der Waals surface area (Å²) in [5, 5.41) is 25.3. The molecule has 180 valence electrons. The van der Waals surface area contributed by atoms with Crippen LogP contribution in [0.25, 0.3) is 10.8 Å². The van der Waals surface area contributed by atoms with E-state index in [9.17, 15) is 20.1 Å². The third kappa shape index (κ3) is 6.49. The van der Waals surface area contributed by atoms with Gasteiger partial charge in [0.05, 0.1) is 5.57 Å². The predicted octanol–water partition coefficient (Wildman–Crippen LogP) is 5.56. The molecule has 0 bridgehead atoms. The SMILES string of the molecule is CCCC(=O)OCCOC(=O)/C(C#N)=C1/CC(C)(C)CC(Nc2ccc3ccccc3c2)=C1C#N. The van der Waals surface area contributed by atoms with E-state index in [1.165, 1.54) is 0 Å². The van der Waals surface area contributed by atoms with Gasteiger partial charge in [-0.2, -0.15) is 10.5 Å². The van der Waals surface area contributed by atoms with Crippen LogP contribution >= 0.6 is 0 Å². The lowest BCUT2D eigenvalue weighted by molar-refractivity contribution is -0.150. The molecule has 7 nitrogen and oxygen atoms in total. The van der Waals surface area contributed by atoms with Crippen LogP contribution < -0.4 is 5.32 Å². The van der Waals surface area contributed by atoms with E-state index in [4.69, 9.17) is 9.47 Å². The molecule has 1 aliphatic carbocycles. The van der Waals surface area contributed by atoms with E-state index >= 15 is 0 Å². The number of nitriles is 2. The Morgan fingerprint density at radius 1 is 1.03 bits per heavy atom. The second kappa shape index (κ2) is 11.4. The summed E-state index contributed by atoms with van der Waals surface area (Å²) in [6.45, 7) is 5.67. The number of nitrogens with zero attached hydrogens (tertiary/aromatic N) is 2. The molecule has 0 saturated heterocycles. The average molecular weight is 472 g/mol. The molecule has 0 radical (unpaired) electrons. The number of carbonyl (C=O) groups excluding carboxylic acids is 2. The van der Waals surface area contributed by atoms with Crippen LogP contribution in [0.5, 0.6) is 0 Å². The first-order valence-electron chi connectivity index (χ1n) is 11.6. The van der Waals surface area contributed by atoms with Gasteiger partial charge in [-0.25, -0.2) is 4.79 Å². The quantitative estimate of drug-likeness (QED) is 0.232. The van der Waals surface area contributed by atoms with Crippen molar-refractivity contribution >= 4 is 28.4 Å². The first-order valence-corrected chi connectivity index (χ1v) is 11.6. The maximum atomic E-state index is 12.7. The lowest BCUT2D eigenvalue weighted by Gasteiger charge is -2.34. The molecule has 2 aromatic rings. The lowest BCUT2D eigenvalue weighted by Crippen LogP contribution is -2.26. The molecule has 0 aromatic heterocycles. The standard InChI is InChI=1S/C28H29N3O4/c1-4-7-26(32)34-12-13-35-27(33)24(18-30)22-15-28(2,3)16-25(23(22)17-29)31-21-11-10-19-8-5-6-9-20(19)14-21/h5-6,8-11,14,31H,4,7,12-13,15-16H2,1-3H3/b24-22-. The fourth-order valence-corrected chi connectivity index (χ4v) is 4.15. The molecular weight excluding hydrogens is 442 g/mol. The van der Waals surface area contributed by atoms with Gasteiger partial charge < -0.3 is 14.8 Å². The Bertz CT molecular complexity index is 1280. The molecule has 0 amide bonds. The highest BCUT2D eigenvalue weighted by Crippen LogP contribution is 2.43. The Kier molecular flexibility index (Phi) is 8.28. The molecule has 0 aliphatic heterocycles. The zero-order valence-corrected chi connectivity index (χ0v) is 20.3. The van der Waals surface area contributed by atoms with Crippen LogP contribution in [0.1, 0.15) is 46.5 Å². The van der Waals surface area contributed by atoms with Gasteiger partial charge in [-0.1, -0.05) is 51.1 Å². The van der Waals surface area contributed by atoms with Crippen molar-refractivity contribution < 1.29 is 19.1 Å². The molecular formula is C28H29N3O4. The molecule has 0 saturated carbocycles. The Morgan fingerprint density at radius 3 is 2.43 bits per heavy atom. The number of hydrogen-bond donors (Lipinski definition) is 1. The minimum atomic E-state index is -0.829. The number of ether oxygens (including phenoxy) is 2. The zero-order valence-electron chi connectivity index (χ0n) is 20.3. The molecule has 0 unspecified atom stereocenters. The number of rotatable bonds is 8. The summed E-state index contributed by atoms with van der Waals surface area (Å²) in [6, 6.07) is 18.1. The highest BCUT2D eigenvalue weighted by Gasteiger charge is 2.34. The van der Waals surface area contributed by atoms with Gasteiger partial charge in [0.2, 0.25) is 0 Å². The number of fused-ring (bicyclic) bond motifs is 1. The molecule has 35 heavy (non-hydrogen) atoms. The largest absolute Gasteiger partial charge is 0.462 e. The van der Waals surface area contributed by atoms with Gasteiger partial charge >= 0.3 is 11.9 Å². The minimum absolute atomic E-state index is 0.0835. The summed E-state index contributed by atoms with van der Waals surface area (Å²) in [5.74, 6) is -1.19. The van der Waals surface area contributed by atoms with Gasteiger partial charge in [-0.3, -0.25) is 4.79 Å². The van der Waals surface area contributed by atoms with Crippen molar-refractivity contribution in [3.05, 3.63) is 64.9 Å². The van der Waals surface area contributed by atoms with Crippen molar-refractivity contribution in [1.29, 1.82) is 10.5 Å². The van der Waals surface area contributed by atoms with Crippen LogP contribution in [0.4, 0.5) is 5.69 Å². The Balaban J connectivity index is 1.88. The lowest BCUT2D eigenvalue weighted by atomic mass is 9.73. The Hall–Kier alpha value is -4.10. The van der Waals surface area contributed by atoms with E-state index in [0.29, 0.717) is 37.0 Å². The molecule has 0 heterocycles. The van der Waals surface area contributed by atoms with Crippen LogP contribution in [0.3, 0.4) is 0 Å². The van der Waals surface area contributed by atoms with Crippen LogP contribution in [0.2, 0.25) is 0 Å². The van der Waals surface area contributed by atoms with Crippen LogP contribution in [0, 0.1) is 28.1 Å². The van der Waals surface area contributed by atoms with Gasteiger partial charge in [0.25, 0.3) is 0 Å². The molecule has 0 fully saturated rings. The van der Waals surface area contributed by atoms with Gasteiger partial charge in [0.1, 0.15) is 30.9 Å². The smallest absolute Gasteiger partial charge is 0.349 e. The summed E-state index contributed by atoms with van der Waals surface area (Å²) in [7, 11) is 0. The molecule has 1 N–H and O–H groups in total. The van der Waals surface area contributed by atoms with Crippen molar-refractivity contribution in [2.24, 2.45) is 5.41 Å². The van der Waals surface area contributed by atoms with Crippen LogP contribution in [0.15, 0.2) is 64.9 Å². The average Bonchev–Trinajstić information content (AvgIpc) is 2.82. The Labute approximate surface area is 205 Å². The minimum Gasteiger partial charge on any atom is -0.462 e. The van der Waals surface area contributed by atoms with E-state index in [0.717, 1.165) is 16.5 Å². The summed E-state index contributed by atoms with van der Waals surface area (Å²) >= 11 is 0. The zero-order chi connectivity index (χ0) is 25.4. The van der Waals surface area contributed by atoms with E-state index in [-0.39, 0.29) is 35.7 Å². The molecule has 2 aromatic carbocycles. The van der Waals surface area contributed by atoms with Crippen molar-refractivity contribution in [3.8, 4) is 12.1 Å². The second-order valence-electron chi connectivity index (χ2n) is 9.24. The first-order chi connectivity index (χ1) is 16.8. The highest BCUT2D eigenvalue weighted by molar-refractivity contribution is 5.95. The van der Waals surface area contributed by atoms with E-state index < -0.39 is 5.97 Å². The fraction of sp³-hybridized carbons (Fsp3) is 0.357. The molecule has 1 aliphatic rings. The highest BCUT2D eigenvalue weighted by atomic mass is 16.6. The van der Waals surface area contributed by atoms with Gasteiger partial charge in [-0.15, -0.1) is 0 Å². The number of hydrogen-bond acceptors (Lipinski definition) is 7. The van der Waals surface area contributed by atoms with Gasteiger partial charge in [-0.05, 0) is 53.2 Å². The number of anilines is 1.